The van der Waals surface area contributed by atoms with Crippen LogP contribution < -0.4 is 10.6 Å². The molecule has 2 aromatic rings. The highest BCUT2D eigenvalue weighted by Crippen LogP contribution is 2.48. The predicted octanol–water partition coefficient (Wildman–Crippen LogP) is -0.0903. The van der Waals surface area contributed by atoms with Gasteiger partial charge < -0.3 is 20.3 Å². The van der Waals surface area contributed by atoms with E-state index in [-0.39, 0.29) is 30.4 Å². The van der Waals surface area contributed by atoms with Crippen molar-refractivity contribution in [1.82, 2.24) is 35.7 Å². The molecule has 1 aromatic heterocycles. The maximum Gasteiger partial charge on any atom is 0.243 e. The number of fused-ring (bicyclic) bond motifs is 1. The van der Waals surface area contributed by atoms with E-state index in [1.54, 1.807) is 23.1 Å². The van der Waals surface area contributed by atoms with Crippen molar-refractivity contribution in [1.29, 1.82) is 0 Å². The zero-order chi connectivity index (χ0) is 20.7. The number of benzene rings is 1. The van der Waals surface area contributed by atoms with Gasteiger partial charge in [0.05, 0.1) is 18.9 Å². The van der Waals surface area contributed by atoms with Crippen molar-refractivity contribution < 1.29 is 14.3 Å². The first-order valence-electron chi connectivity index (χ1n) is 10.0. The van der Waals surface area contributed by atoms with Gasteiger partial charge in [-0.3, -0.25) is 9.59 Å². The summed E-state index contributed by atoms with van der Waals surface area (Å²) in [5.41, 5.74) is 1.52. The van der Waals surface area contributed by atoms with Gasteiger partial charge in [0.2, 0.25) is 11.8 Å². The number of piperidine rings is 1. The Balaban J connectivity index is 1.29. The molecule has 0 bridgehead atoms. The van der Waals surface area contributed by atoms with Gasteiger partial charge in [-0.15, -0.1) is 5.10 Å². The molecule has 3 aliphatic rings. The van der Waals surface area contributed by atoms with Crippen molar-refractivity contribution in [2.24, 2.45) is 5.92 Å². The molecule has 3 heterocycles. The maximum absolute atomic E-state index is 13.0. The number of morpholine rings is 1. The minimum absolute atomic E-state index is 0.0445. The summed E-state index contributed by atoms with van der Waals surface area (Å²) in [6, 6.07) is 4.65. The summed E-state index contributed by atoms with van der Waals surface area (Å²) in [7, 11) is 0. The number of rotatable bonds is 5. The highest BCUT2D eigenvalue weighted by Gasteiger charge is 2.56. The van der Waals surface area contributed by atoms with Crippen molar-refractivity contribution in [3.8, 4) is 5.69 Å². The Hall–Kier alpha value is -2.56. The third kappa shape index (κ3) is 3.66. The topological polar surface area (TPSA) is 114 Å². The third-order valence-corrected chi connectivity index (χ3v) is 6.21. The predicted molar refractivity (Wildman–Crippen MR) is 106 cm³/mol. The van der Waals surface area contributed by atoms with Gasteiger partial charge in [-0.2, -0.15) is 0 Å². The van der Waals surface area contributed by atoms with Crippen molar-refractivity contribution in [3.05, 3.63) is 35.1 Å². The lowest BCUT2D eigenvalue weighted by Gasteiger charge is -2.32. The molecule has 158 valence electrons. The van der Waals surface area contributed by atoms with E-state index in [0.29, 0.717) is 37.1 Å². The minimum Gasteiger partial charge on any atom is -0.378 e. The van der Waals surface area contributed by atoms with Gasteiger partial charge in [-0.1, -0.05) is 11.6 Å². The summed E-state index contributed by atoms with van der Waals surface area (Å²) < 4.78 is 6.95. The van der Waals surface area contributed by atoms with Crippen LogP contribution >= 0.6 is 11.6 Å². The van der Waals surface area contributed by atoms with Crippen LogP contribution in [-0.2, 0) is 20.9 Å². The van der Waals surface area contributed by atoms with E-state index >= 15 is 0 Å². The van der Waals surface area contributed by atoms with Crippen LogP contribution in [0.15, 0.2) is 24.5 Å². The lowest BCUT2D eigenvalue weighted by molar-refractivity contribution is -0.143. The number of carbonyl (C=O) groups excluding carboxylic acids is 2. The molecular formula is C19H22ClN7O3. The number of ether oxygens (including phenoxy) is 1. The lowest BCUT2D eigenvalue weighted by atomic mass is 10.1. The van der Waals surface area contributed by atoms with Crippen LogP contribution in [0.1, 0.15) is 18.4 Å². The first-order valence-corrected chi connectivity index (χ1v) is 10.4. The molecule has 10 nitrogen and oxygen atoms in total. The number of tetrazole rings is 1. The van der Waals surface area contributed by atoms with E-state index < -0.39 is 6.04 Å². The summed E-state index contributed by atoms with van der Waals surface area (Å²) in [4.78, 5) is 27.8. The first kappa shape index (κ1) is 19.4. The normalized spacial score (nSPS) is 27.6. The number of aromatic nitrogens is 4. The number of likely N-dealkylation sites (tertiary alicyclic amines) is 1. The Bertz CT molecular complexity index is 948. The van der Waals surface area contributed by atoms with E-state index in [1.165, 1.54) is 11.0 Å². The molecule has 2 amide bonds. The Morgan fingerprint density at radius 2 is 2.23 bits per heavy atom. The number of halogens is 1. The highest BCUT2D eigenvalue weighted by molar-refractivity contribution is 6.30. The number of nitrogens with zero attached hydrogens (tertiary/aromatic N) is 5. The summed E-state index contributed by atoms with van der Waals surface area (Å²) in [5, 5.41) is 18.0. The largest absolute Gasteiger partial charge is 0.378 e. The van der Waals surface area contributed by atoms with Crippen molar-refractivity contribution in [2.45, 2.75) is 37.5 Å². The molecule has 0 spiro atoms. The molecule has 5 rings (SSSR count). The van der Waals surface area contributed by atoms with Crippen molar-refractivity contribution in [2.75, 3.05) is 19.8 Å². The lowest BCUT2D eigenvalue weighted by Crippen LogP contribution is -2.57. The monoisotopic (exact) mass is 431 g/mol. The number of hydrogen-bond acceptors (Lipinski definition) is 7. The van der Waals surface area contributed by atoms with E-state index in [1.807, 2.05) is 0 Å². The van der Waals surface area contributed by atoms with Gasteiger partial charge in [0.15, 0.2) is 0 Å². The Kier molecular flexibility index (Phi) is 5.13. The van der Waals surface area contributed by atoms with Crippen LogP contribution in [0.2, 0.25) is 5.02 Å². The molecule has 1 aliphatic carbocycles. The zero-order valence-corrected chi connectivity index (χ0v) is 17.0. The fourth-order valence-electron chi connectivity index (χ4n) is 4.40. The van der Waals surface area contributed by atoms with Crippen LogP contribution in [0.4, 0.5) is 0 Å². The van der Waals surface area contributed by atoms with Crippen molar-refractivity contribution >= 4 is 23.4 Å². The van der Waals surface area contributed by atoms with Crippen LogP contribution in [0.3, 0.4) is 0 Å². The first-order chi connectivity index (χ1) is 14.6. The Morgan fingerprint density at radius 3 is 3.00 bits per heavy atom. The number of carbonyl (C=O) groups is 2. The molecule has 4 atom stereocenters. The van der Waals surface area contributed by atoms with Crippen molar-refractivity contribution in [3.63, 3.8) is 0 Å². The average Bonchev–Trinajstić information content (AvgIpc) is 3.16. The van der Waals surface area contributed by atoms with Gasteiger partial charge in [0, 0.05) is 24.2 Å². The van der Waals surface area contributed by atoms with Crippen LogP contribution in [-0.4, -0.2) is 74.8 Å². The zero-order valence-electron chi connectivity index (χ0n) is 16.2. The molecule has 1 aromatic carbocycles. The molecule has 1 saturated carbocycles. The quantitative estimate of drug-likeness (QED) is 0.680. The van der Waals surface area contributed by atoms with Gasteiger partial charge in [0.25, 0.3) is 0 Å². The van der Waals surface area contributed by atoms with Gasteiger partial charge >= 0.3 is 0 Å². The van der Waals surface area contributed by atoms with Gasteiger partial charge in [-0.25, -0.2) is 4.68 Å². The summed E-state index contributed by atoms with van der Waals surface area (Å²) in [6.45, 7) is 1.85. The Labute approximate surface area is 177 Å². The maximum atomic E-state index is 13.0. The number of hydrogen-bond donors (Lipinski definition) is 2. The number of amides is 2. The van der Waals surface area contributed by atoms with E-state index in [0.717, 1.165) is 17.7 Å². The molecule has 30 heavy (non-hydrogen) atoms. The van der Waals surface area contributed by atoms with Gasteiger partial charge in [-0.05, 0) is 52.9 Å². The average molecular weight is 432 g/mol. The SMILES string of the molecule is O=C(NCc1cc(Cl)ccc1-n1cnnn1)[C@@H]1C[C@@H]2C[C@@H]2N1C(=O)[C@H]1COCCN1. The minimum atomic E-state index is -0.458. The fraction of sp³-hybridized carbons (Fsp3) is 0.526. The Morgan fingerprint density at radius 1 is 1.33 bits per heavy atom. The summed E-state index contributed by atoms with van der Waals surface area (Å²) in [6.07, 6.45) is 3.16. The van der Waals surface area contributed by atoms with E-state index in [2.05, 4.69) is 26.2 Å². The summed E-state index contributed by atoms with van der Waals surface area (Å²) >= 11 is 6.15. The molecule has 2 aliphatic heterocycles. The molecule has 0 unspecified atom stereocenters. The standard InChI is InChI=1S/C19H22ClN7O3/c20-13-1-2-15(26-10-23-24-25-26)12(5-13)8-22-18(28)17-7-11-6-16(11)27(17)19(29)14-9-30-4-3-21-14/h1-2,5,10-11,14,16-17,21H,3-4,6-9H2,(H,22,28)/t11-,14+,16-,17-/m0/s1. The molecule has 3 fully saturated rings. The van der Waals surface area contributed by atoms with Crippen LogP contribution in [0.25, 0.3) is 5.69 Å². The molecule has 11 heteroatoms. The third-order valence-electron chi connectivity index (χ3n) is 5.97. The van der Waals surface area contributed by atoms with Crippen LogP contribution in [0.5, 0.6) is 0 Å². The van der Waals surface area contributed by atoms with E-state index in [4.69, 9.17) is 16.3 Å². The second kappa shape index (κ2) is 7.93. The second-order valence-corrected chi connectivity index (χ2v) is 8.32. The smallest absolute Gasteiger partial charge is 0.243 e. The summed E-state index contributed by atoms with van der Waals surface area (Å²) in [5.74, 6) is 0.212. The molecule has 2 N–H and O–H groups in total. The van der Waals surface area contributed by atoms with Crippen LogP contribution in [0, 0.1) is 5.92 Å². The van der Waals surface area contributed by atoms with E-state index in [9.17, 15) is 9.59 Å². The number of nitrogens with one attached hydrogen (secondary N) is 2. The fourth-order valence-corrected chi connectivity index (χ4v) is 4.60. The molecule has 2 saturated heterocycles. The highest BCUT2D eigenvalue weighted by atomic mass is 35.5. The molecular weight excluding hydrogens is 410 g/mol. The second-order valence-electron chi connectivity index (χ2n) is 7.89. The molecule has 0 radical (unpaired) electrons. The van der Waals surface area contributed by atoms with Gasteiger partial charge in [0.1, 0.15) is 18.4 Å².